The Hall–Kier alpha value is -2.63. The van der Waals surface area contributed by atoms with Gasteiger partial charge in [-0.05, 0) is 55.5 Å². The maximum absolute atomic E-state index is 12.1. The molecule has 0 aliphatic carbocycles. The van der Waals surface area contributed by atoms with Crippen LogP contribution in [0, 0.1) is 0 Å². The number of aromatic nitrogens is 1. The summed E-state index contributed by atoms with van der Waals surface area (Å²) in [5.74, 6) is 0.0479. The lowest BCUT2D eigenvalue weighted by Crippen LogP contribution is -2.20. The maximum atomic E-state index is 12.1. The van der Waals surface area contributed by atoms with Crippen molar-refractivity contribution in [2.24, 2.45) is 5.73 Å². The Morgan fingerprint density at radius 3 is 2.63 bits per heavy atom. The molecule has 3 heterocycles. The van der Waals surface area contributed by atoms with Crippen LogP contribution in [0.3, 0.4) is 0 Å². The van der Waals surface area contributed by atoms with Crippen LogP contribution in [0.4, 0.5) is 0 Å². The zero-order chi connectivity index (χ0) is 20.8. The van der Waals surface area contributed by atoms with E-state index in [1.54, 1.807) is 0 Å². The molecule has 0 saturated carbocycles. The molecule has 154 valence electrons. The molecule has 2 N–H and O–H groups in total. The second-order valence-electron chi connectivity index (χ2n) is 8.60. The van der Waals surface area contributed by atoms with Gasteiger partial charge in [0.05, 0.1) is 4.88 Å². The second kappa shape index (κ2) is 7.56. The monoisotopic (exact) mass is 417 g/mol. The van der Waals surface area contributed by atoms with Gasteiger partial charge in [0.15, 0.2) is 0 Å². The van der Waals surface area contributed by atoms with Crippen LogP contribution in [-0.4, -0.2) is 28.5 Å². The van der Waals surface area contributed by atoms with Crippen LogP contribution in [-0.2, 0) is 6.54 Å². The van der Waals surface area contributed by atoms with Crippen molar-refractivity contribution in [1.29, 1.82) is 0 Å². The number of hydrogen-bond acceptors (Lipinski definition) is 3. The molecule has 2 aromatic heterocycles. The first kappa shape index (κ1) is 19.3. The molecule has 0 unspecified atom stereocenters. The number of fused-ring (bicyclic) bond motifs is 2. The largest absolute Gasteiger partial charge is 0.365 e. The predicted molar refractivity (Wildman–Crippen MR) is 125 cm³/mol. The summed E-state index contributed by atoms with van der Waals surface area (Å²) in [6.45, 7) is 7.39. The van der Waals surface area contributed by atoms with Gasteiger partial charge >= 0.3 is 0 Å². The van der Waals surface area contributed by atoms with E-state index in [4.69, 9.17) is 5.73 Å². The topological polar surface area (TPSA) is 51.3 Å². The van der Waals surface area contributed by atoms with Crippen LogP contribution < -0.4 is 5.73 Å². The fraction of sp³-hybridized carbons (Fsp3) is 0.320. The summed E-state index contributed by atoms with van der Waals surface area (Å²) in [4.78, 5) is 15.4. The maximum Gasteiger partial charge on any atom is 0.259 e. The molecular weight excluding hydrogens is 390 g/mol. The van der Waals surface area contributed by atoms with Crippen molar-refractivity contribution in [3.8, 4) is 0 Å². The number of nitrogens with zero attached hydrogens (tertiary/aromatic N) is 2. The van der Waals surface area contributed by atoms with Gasteiger partial charge in [0.25, 0.3) is 5.91 Å². The SMILES string of the molecule is CC(C)n1cc(CN2CC[C@H](c3c(C(N)=O)sc4ccccc34)C2)c2ccccc21. The lowest BCUT2D eigenvalue weighted by molar-refractivity contribution is 0.100. The second-order valence-corrected chi connectivity index (χ2v) is 9.65. The van der Waals surface area contributed by atoms with Crippen molar-refractivity contribution in [3.05, 3.63) is 70.7 Å². The average Bonchev–Trinajstić information content (AvgIpc) is 3.43. The standard InChI is InChI=1S/C25H27N3OS/c1-16(2)28-15-18(19-7-3-5-9-21(19)28)14-27-12-11-17(13-27)23-20-8-4-6-10-22(20)30-24(23)25(26)29/h3-10,15-17H,11-14H2,1-2H3,(H2,26,29)/t17-/m0/s1. The Morgan fingerprint density at radius 1 is 1.13 bits per heavy atom. The number of carbonyl (C=O) groups is 1. The van der Waals surface area contributed by atoms with E-state index >= 15 is 0 Å². The van der Waals surface area contributed by atoms with Crippen LogP contribution in [0.5, 0.6) is 0 Å². The van der Waals surface area contributed by atoms with E-state index in [0.717, 1.165) is 41.2 Å². The molecule has 1 aliphatic rings. The van der Waals surface area contributed by atoms with Crippen molar-refractivity contribution >= 4 is 38.2 Å². The summed E-state index contributed by atoms with van der Waals surface area (Å²) in [7, 11) is 0. The fourth-order valence-corrected chi connectivity index (χ4v) is 6.08. The quantitative estimate of drug-likeness (QED) is 0.464. The van der Waals surface area contributed by atoms with Gasteiger partial charge in [-0.1, -0.05) is 36.4 Å². The van der Waals surface area contributed by atoms with E-state index < -0.39 is 0 Å². The Balaban J connectivity index is 1.44. The van der Waals surface area contributed by atoms with Crippen molar-refractivity contribution in [1.82, 2.24) is 9.47 Å². The Labute approximate surface area is 180 Å². The molecule has 4 aromatic rings. The highest BCUT2D eigenvalue weighted by Crippen LogP contribution is 2.40. The highest BCUT2D eigenvalue weighted by atomic mass is 32.1. The molecule has 5 heteroatoms. The van der Waals surface area contributed by atoms with E-state index in [-0.39, 0.29) is 5.91 Å². The van der Waals surface area contributed by atoms with E-state index in [0.29, 0.717) is 12.0 Å². The van der Waals surface area contributed by atoms with E-state index in [9.17, 15) is 4.79 Å². The third-order valence-corrected chi connectivity index (χ3v) is 7.51. The molecule has 5 rings (SSSR count). The van der Waals surface area contributed by atoms with E-state index in [2.05, 4.69) is 72.0 Å². The van der Waals surface area contributed by atoms with Gasteiger partial charge in [-0.2, -0.15) is 0 Å². The van der Waals surface area contributed by atoms with Gasteiger partial charge in [0, 0.05) is 46.8 Å². The van der Waals surface area contributed by atoms with Crippen molar-refractivity contribution in [3.63, 3.8) is 0 Å². The molecule has 30 heavy (non-hydrogen) atoms. The molecule has 4 nitrogen and oxygen atoms in total. The molecule has 0 bridgehead atoms. The lowest BCUT2D eigenvalue weighted by Gasteiger charge is -2.16. The van der Waals surface area contributed by atoms with Crippen LogP contribution in [0.2, 0.25) is 0 Å². The van der Waals surface area contributed by atoms with Crippen LogP contribution >= 0.6 is 11.3 Å². The van der Waals surface area contributed by atoms with Gasteiger partial charge in [-0.3, -0.25) is 9.69 Å². The average molecular weight is 418 g/mol. The van der Waals surface area contributed by atoms with Crippen molar-refractivity contribution in [2.45, 2.75) is 38.8 Å². The van der Waals surface area contributed by atoms with Crippen LogP contribution in [0.25, 0.3) is 21.0 Å². The number of thiophene rings is 1. The first-order chi connectivity index (χ1) is 14.5. The number of rotatable bonds is 5. The van der Waals surface area contributed by atoms with E-state index in [1.165, 1.54) is 33.2 Å². The molecule has 0 spiro atoms. The highest BCUT2D eigenvalue weighted by molar-refractivity contribution is 7.21. The molecule has 1 fully saturated rings. The Morgan fingerprint density at radius 2 is 1.87 bits per heavy atom. The lowest BCUT2D eigenvalue weighted by atomic mass is 9.95. The first-order valence-electron chi connectivity index (χ1n) is 10.6. The van der Waals surface area contributed by atoms with Gasteiger partial charge in [0.2, 0.25) is 0 Å². The van der Waals surface area contributed by atoms with Gasteiger partial charge in [-0.25, -0.2) is 0 Å². The Bertz CT molecular complexity index is 1240. The molecular formula is C25H27N3OS. The van der Waals surface area contributed by atoms with Gasteiger partial charge in [-0.15, -0.1) is 11.3 Å². The summed E-state index contributed by atoms with van der Waals surface area (Å²) in [6.07, 6.45) is 3.38. The highest BCUT2D eigenvalue weighted by Gasteiger charge is 2.30. The minimum atomic E-state index is -0.301. The van der Waals surface area contributed by atoms with Crippen molar-refractivity contribution < 1.29 is 4.79 Å². The number of amides is 1. The molecule has 0 radical (unpaired) electrons. The summed E-state index contributed by atoms with van der Waals surface area (Å²) in [5.41, 5.74) is 9.60. The third-order valence-electron chi connectivity index (χ3n) is 6.31. The smallest absolute Gasteiger partial charge is 0.259 e. The number of carbonyl (C=O) groups excluding carboxylic acids is 1. The zero-order valence-corrected chi connectivity index (χ0v) is 18.3. The molecule has 2 aromatic carbocycles. The number of benzene rings is 2. The molecule has 1 atom stereocenters. The Kier molecular flexibility index (Phi) is 4.88. The van der Waals surface area contributed by atoms with Gasteiger partial charge < -0.3 is 10.3 Å². The number of likely N-dealkylation sites (tertiary alicyclic amines) is 1. The van der Waals surface area contributed by atoms with Gasteiger partial charge in [0.1, 0.15) is 0 Å². The summed E-state index contributed by atoms with van der Waals surface area (Å²) in [5, 5.41) is 2.54. The number of hydrogen-bond donors (Lipinski definition) is 1. The number of primary amides is 1. The van der Waals surface area contributed by atoms with Crippen molar-refractivity contribution in [2.75, 3.05) is 13.1 Å². The van der Waals surface area contributed by atoms with Crippen LogP contribution in [0.1, 0.15) is 53.0 Å². The minimum absolute atomic E-state index is 0.301. The first-order valence-corrected chi connectivity index (χ1v) is 11.5. The summed E-state index contributed by atoms with van der Waals surface area (Å²) in [6, 6.07) is 17.4. The fourth-order valence-electron chi connectivity index (χ4n) is 4.94. The normalized spacial score (nSPS) is 17.5. The number of para-hydroxylation sites is 1. The van der Waals surface area contributed by atoms with Crippen LogP contribution in [0.15, 0.2) is 54.7 Å². The predicted octanol–water partition coefficient (Wildman–Crippen LogP) is 5.53. The molecule has 1 aliphatic heterocycles. The summed E-state index contributed by atoms with van der Waals surface area (Å²) >= 11 is 1.54. The zero-order valence-electron chi connectivity index (χ0n) is 17.5. The third kappa shape index (κ3) is 3.22. The van der Waals surface area contributed by atoms with E-state index in [1.807, 2.05) is 6.07 Å². The molecule has 1 amide bonds. The minimum Gasteiger partial charge on any atom is -0.365 e. The number of nitrogens with two attached hydrogens (primary N) is 1. The molecule has 1 saturated heterocycles. The summed E-state index contributed by atoms with van der Waals surface area (Å²) < 4.78 is 3.52.